The molecular weight excluding hydrogens is 300 g/mol. The Kier molecular flexibility index (Phi) is 4.75. The Balaban J connectivity index is 1.57. The molecule has 24 heavy (non-hydrogen) atoms. The summed E-state index contributed by atoms with van der Waals surface area (Å²) in [6.45, 7) is 1.94. The van der Waals surface area contributed by atoms with Crippen molar-refractivity contribution in [1.29, 1.82) is 0 Å². The maximum absolute atomic E-state index is 12.4. The number of nitrogens with zero attached hydrogens (tertiary/aromatic N) is 1. The summed E-state index contributed by atoms with van der Waals surface area (Å²) in [6.07, 6.45) is 2.13. The van der Waals surface area contributed by atoms with Gasteiger partial charge in [-0.2, -0.15) is 0 Å². The minimum absolute atomic E-state index is 0.0683. The zero-order valence-corrected chi connectivity index (χ0v) is 13.6. The number of para-hydroxylation sites is 1. The number of hydrogen-bond donors (Lipinski definition) is 1. The summed E-state index contributed by atoms with van der Waals surface area (Å²) in [4.78, 5) is 24.5. The third-order valence-electron chi connectivity index (χ3n) is 4.11. The Labute approximate surface area is 141 Å². The molecule has 1 amide bonds. The molecule has 0 aliphatic carbocycles. The molecule has 0 saturated heterocycles. The highest BCUT2D eigenvalue weighted by Crippen LogP contribution is 2.16. The van der Waals surface area contributed by atoms with E-state index in [-0.39, 0.29) is 30.7 Å². The molecule has 0 bridgehead atoms. The molecule has 3 aromatic rings. The Morgan fingerprint density at radius 1 is 0.958 bits per heavy atom. The second kappa shape index (κ2) is 7.13. The topological polar surface area (TPSA) is 51.1 Å². The van der Waals surface area contributed by atoms with Crippen LogP contribution in [0.2, 0.25) is 0 Å². The van der Waals surface area contributed by atoms with Crippen molar-refractivity contribution in [2.75, 3.05) is 0 Å². The van der Waals surface area contributed by atoms with Crippen LogP contribution in [0.5, 0.6) is 0 Å². The summed E-state index contributed by atoms with van der Waals surface area (Å²) in [5.74, 6) is -0.185. The van der Waals surface area contributed by atoms with E-state index in [2.05, 4.69) is 5.32 Å². The van der Waals surface area contributed by atoms with Crippen molar-refractivity contribution in [3.8, 4) is 0 Å². The summed E-state index contributed by atoms with van der Waals surface area (Å²) in [6, 6.07) is 19.3. The maximum Gasteiger partial charge on any atom is 0.231 e. The molecule has 0 radical (unpaired) electrons. The van der Waals surface area contributed by atoms with Crippen LogP contribution in [0, 0.1) is 0 Å². The summed E-state index contributed by atoms with van der Waals surface area (Å²) in [5, 5.41) is 3.95. The number of carbonyl (C=O) groups is 2. The molecule has 0 fully saturated rings. The Morgan fingerprint density at radius 2 is 1.67 bits per heavy atom. The fourth-order valence-corrected chi connectivity index (χ4v) is 2.78. The molecule has 4 nitrogen and oxygen atoms in total. The number of carbonyl (C=O) groups excluding carboxylic acids is 2. The molecule has 0 aliphatic heterocycles. The van der Waals surface area contributed by atoms with E-state index in [4.69, 9.17) is 0 Å². The van der Waals surface area contributed by atoms with Crippen LogP contribution in [0.15, 0.2) is 66.9 Å². The van der Waals surface area contributed by atoms with E-state index in [1.807, 2.05) is 67.6 Å². The zero-order valence-electron chi connectivity index (χ0n) is 13.6. The van der Waals surface area contributed by atoms with Crippen molar-refractivity contribution in [3.05, 3.63) is 72.4 Å². The predicted molar refractivity (Wildman–Crippen MR) is 94.8 cm³/mol. The molecule has 1 heterocycles. The van der Waals surface area contributed by atoms with Gasteiger partial charge >= 0.3 is 0 Å². The van der Waals surface area contributed by atoms with Crippen LogP contribution in [-0.4, -0.2) is 16.4 Å². The summed E-state index contributed by atoms with van der Waals surface area (Å²) in [7, 11) is 0. The smallest absolute Gasteiger partial charge is 0.231 e. The lowest BCUT2D eigenvalue weighted by Gasteiger charge is -2.14. The van der Waals surface area contributed by atoms with Crippen molar-refractivity contribution in [2.45, 2.75) is 25.8 Å². The molecule has 0 spiro atoms. The van der Waals surface area contributed by atoms with Gasteiger partial charge in [0.2, 0.25) is 11.8 Å². The molecule has 1 aromatic heterocycles. The number of rotatable bonds is 5. The van der Waals surface area contributed by atoms with Crippen molar-refractivity contribution in [2.24, 2.45) is 0 Å². The monoisotopic (exact) mass is 320 g/mol. The van der Waals surface area contributed by atoms with Crippen LogP contribution < -0.4 is 5.32 Å². The van der Waals surface area contributed by atoms with Crippen molar-refractivity contribution in [3.63, 3.8) is 0 Å². The Hall–Kier alpha value is -2.88. The Bertz CT molecular complexity index is 852. The third kappa shape index (κ3) is 3.54. The van der Waals surface area contributed by atoms with Gasteiger partial charge < -0.3 is 5.32 Å². The van der Waals surface area contributed by atoms with Crippen LogP contribution in [0.1, 0.15) is 36.2 Å². The average molecular weight is 320 g/mol. The molecule has 0 saturated carbocycles. The van der Waals surface area contributed by atoms with Gasteiger partial charge in [0.1, 0.15) is 0 Å². The molecule has 0 aliphatic rings. The quantitative estimate of drug-likeness (QED) is 0.774. The van der Waals surface area contributed by atoms with E-state index in [9.17, 15) is 9.59 Å². The average Bonchev–Trinajstić information content (AvgIpc) is 3.04. The maximum atomic E-state index is 12.4. The minimum Gasteiger partial charge on any atom is -0.350 e. The second-order valence-corrected chi connectivity index (χ2v) is 5.84. The van der Waals surface area contributed by atoms with E-state index in [1.54, 1.807) is 10.8 Å². The lowest BCUT2D eigenvalue weighted by molar-refractivity contribution is -0.121. The number of fused-ring (bicyclic) bond motifs is 1. The first-order valence-electron chi connectivity index (χ1n) is 8.09. The van der Waals surface area contributed by atoms with Gasteiger partial charge in [-0.3, -0.25) is 14.2 Å². The normalized spacial score (nSPS) is 12.0. The van der Waals surface area contributed by atoms with Crippen LogP contribution >= 0.6 is 0 Å². The zero-order chi connectivity index (χ0) is 16.9. The van der Waals surface area contributed by atoms with Gasteiger partial charge in [-0.25, -0.2) is 0 Å². The lowest BCUT2D eigenvalue weighted by Crippen LogP contribution is -2.27. The largest absolute Gasteiger partial charge is 0.350 e. The molecule has 3 rings (SSSR count). The molecule has 2 aromatic carbocycles. The van der Waals surface area contributed by atoms with Gasteiger partial charge in [0.25, 0.3) is 0 Å². The van der Waals surface area contributed by atoms with Gasteiger partial charge in [0.15, 0.2) is 0 Å². The van der Waals surface area contributed by atoms with Crippen molar-refractivity contribution < 1.29 is 9.59 Å². The van der Waals surface area contributed by atoms with Crippen LogP contribution in [0.4, 0.5) is 0 Å². The van der Waals surface area contributed by atoms with Gasteiger partial charge in [-0.1, -0.05) is 48.5 Å². The molecular formula is C20H20N2O2. The van der Waals surface area contributed by atoms with Crippen LogP contribution in [-0.2, 0) is 4.79 Å². The fraction of sp³-hybridized carbons (Fsp3) is 0.200. The molecule has 122 valence electrons. The van der Waals surface area contributed by atoms with Crippen molar-refractivity contribution in [1.82, 2.24) is 9.88 Å². The van der Waals surface area contributed by atoms with E-state index in [0.29, 0.717) is 0 Å². The van der Waals surface area contributed by atoms with E-state index < -0.39 is 0 Å². The summed E-state index contributed by atoms with van der Waals surface area (Å²) < 4.78 is 1.61. The van der Waals surface area contributed by atoms with Crippen LogP contribution in [0.25, 0.3) is 10.9 Å². The lowest BCUT2D eigenvalue weighted by atomic mass is 10.1. The number of aromatic nitrogens is 1. The third-order valence-corrected chi connectivity index (χ3v) is 4.11. The number of amides is 1. The van der Waals surface area contributed by atoms with Gasteiger partial charge in [-0.15, -0.1) is 0 Å². The highest BCUT2D eigenvalue weighted by molar-refractivity contribution is 5.93. The van der Waals surface area contributed by atoms with E-state index in [0.717, 1.165) is 16.5 Å². The minimum atomic E-state index is -0.115. The molecule has 1 unspecified atom stereocenters. The number of hydrogen-bond acceptors (Lipinski definition) is 2. The predicted octanol–water partition coefficient (Wildman–Crippen LogP) is 3.94. The molecule has 1 N–H and O–H groups in total. The number of benzene rings is 2. The molecule has 1 atom stereocenters. The summed E-state index contributed by atoms with van der Waals surface area (Å²) in [5.41, 5.74) is 1.93. The highest BCUT2D eigenvalue weighted by atomic mass is 16.2. The highest BCUT2D eigenvalue weighted by Gasteiger charge is 2.13. The van der Waals surface area contributed by atoms with E-state index in [1.165, 1.54) is 0 Å². The Morgan fingerprint density at radius 3 is 2.46 bits per heavy atom. The fourth-order valence-electron chi connectivity index (χ4n) is 2.78. The second-order valence-electron chi connectivity index (χ2n) is 5.84. The SMILES string of the molecule is CC(NC(=O)CCC(=O)n1ccc2ccccc21)c1ccccc1. The van der Waals surface area contributed by atoms with E-state index >= 15 is 0 Å². The first kappa shape index (κ1) is 16.0. The van der Waals surface area contributed by atoms with Gasteiger partial charge in [0, 0.05) is 24.4 Å². The van der Waals surface area contributed by atoms with Gasteiger partial charge in [0.05, 0.1) is 11.6 Å². The van der Waals surface area contributed by atoms with Crippen molar-refractivity contribution >= 4 is 22.7 Å². The standard InChI is InChI=1S/C20H20N2O2/c1-15(16-7-3-2-4-8-16)21-19(23)11-12-20(24)22-14-13-17-9-5-6-10-18(17)22/h2-10,13-15H,11-12H2,1H3,(H,21,23). The van der Waals surface area contributed by atoms with Gasteiger partial charge in [-0.05, 0) is 24.6 Å². The first-order valence-corrected chi connectivity index (χ1v) is 8.09. The summed E-state index contributed by atoms with van der Waals surface area (Å²) >= 11 is 0. The number of nitrogens with one attached hydrogen (secondary N) is 1. The first-order chi connectivity index (χ1) is 11.6. The van der Waals surface area contributed by atoms with Crippen LogP contribution in [0.3, 0.4) is 0 Å². The molecule has 4 heteroatoms.